The first-order valence-corrected chi connectivity index (χ1v) is 9.65. The van der Waals surface area contributed by atoms with E-state index in [9.17, 15) is 22.4 Å². The molecule has 2 aromatic carbocycles. The Hall–Kier alpha value is -2.98. The number of ether oxygens (including phenoxy) is 1. The highest BCUT2D eigenvalue weighted by Gasteiger charge is 2.25. The van der Waals surface area contributed by atoms with Crippen molar-refractivity contribution in [1.29, 1.82) is 0 Å². The van der Waals surface area contributed by atoms with E-state index in [0.29, 0.717) is 5.56 Å². The Morgan fingerprint density at radius 1 is 1.03 bits per heavy atom. The summed E-state index contributed by atoms with van der Waals surface area (Å²) in [5.41, 5.74) is 0.442. The van der Waals surface area contributed by atoms with Crippen molar-refractivity contribution in [2.24, 2.45) is 0 Å². The van der Waals surface area contributed by atoms with Crippen LogP contribution in [0.3, 0.4) is 0 Å². The smallest absolute Gasteiger partial charge is 0.341 e. The number of halogens is 4. The zero-order valence-corrected chi connectivity index (χ0v) is 17.2. The lowest BCUT2D eigenvalue weighted by molar-refractivity contribution is 0.0603. The molecule has 1 heterocycles. The SMILES string of the molecule is COC(=O)c1c(NC(=S)Nc2c(F)c(F)cc(F)c2F)sc(C)c1-c1ccccc1. The number of anilines is 2. The molecule has 0 aliphatic heterocycles. The molecular weight excluding hydrogens is 440 g/mol. The van der Waals surface area contributed by atoms with Crippen molar-refractivity contribution in [3.8, 4) is 11.1 Å². The fourth-order valence-corrected chi connectivity index (χ4v) is 4.15. The number of hydrogen-bond acceptors (Lipinski definition) is 4. The van der Waals surface area contributed by atoms with E-state index >= 15 is 0 Å². The second-order valence-corrected chi connectivity index (χ2v) is 7.65. The predicted molar refractivity (Wildman–Crippen MR) is 112 cm³/mol. The summed E-state index contributed by atoms with van der Waals surface area (Å²) in [6.07, 6.45) is 0. The third kappa shape index (κ3) is 4.14. The molecule has 0 spiro atoms. The van der Waals surface area contributed by atoms with Gasteiger partial charge in [0.15, 0.2) is 28.4 Å². The summed E-state index contributed by atoms with van der Waals surface area (Å²) < 4.78 is 59.5. The van der Waals surface area contributed by atoms with Gasteiger partial charge in [-0.25, -0.2) is 22.4 Å². The van der Waals surface area contributed by atoms with Gasteiger partial charge in [0, 0.05) is 16.5 Å². The van der Waals surface area contributed by atoms with Crippen molar-refractivity contribution in [3.63, 3.8) is 0 Å². The lowest BCUT2D eigenvalue weighted by atomic mass is 10.0. The van der Waals surface area contributed by atoms with Gasteiger partial charge in [0.2, 0.25) is 0 Å². The first-order valence-electron chi connectivity index (χ1n) is 8.42. The van der Waals surface area contributed by atoms with E-state index in [2.05, 4.69) is 10.6 Å². The zero-order valence-electron chi connectivity index (χ0n) is 15.6. The van der Waals surface area contributed by atoms with Crippen LogP contribution < -0.4 is 10.6 Å². The Balaban J connectivity index is 1.98. The molecule has 0 atom stereocenters. The van der Waals surface area contributed by atoms with Crippen LogP contribution in [0, 0.1) is 30.2 Å². The minimum Gasteiger partial charge on any atom is -0.465 e. The number of carbonyl (C=O) groups is 1. The fraction of sp³-hybridized carbons (Fsp3) is 0.100. The van der Waals surface area contributed by atoms with Gasteiger partial charge in [-0.2, -0.15) is 0 Å². The molecule has 3 rings (SSSR count). The molecule has 0 fully saturated rings. The molecule has 156 valence electrons. The van der Waals surface area contributed by atoms with Crippen molar-refractivity contribution in [2.45, 2.75) is 6.92 Å². The van der Waals surface area contributed by atoms with Gasteiger partial charge in [-0.15, -0.1) is 11.3 Å². The summed E-state index contributed by atoms with van der Waals surface area (Å²) in [6, 6.07) is 9.14. The van der Waals surface area contributed by atoms with Gasteiger partial charge < -0.3 is 15.4 Å². The maximum atomic E-state index is 13.9. The molecule has 2 N–H and O–H groups in total. The topological polar surface area (TPSA) is 50.4 Å². The van der Waals surface area contributed by atoms with Crippen LogP contribution in [-0.4, -0.2) is 18.2 Å². The summed E-state index contributed by atoms with van der Waals surface area (Å²) in [5, 5.41) is 4.64. The standard InChI is InChI=1S/C20H14F4N2O2S2/c1-9-13(10-6-4-3-5-7-10)14(19(27)28-2)18(30-9)26-20(29)25-17-15(23)11(21)8-12(22)16(17)24/h3-8H,1-2H3,(H2,25,26,29). The quantitative estimate of drug-likeness (QED) is 0.223. The van der Waals surface area contributed by atoms with Gasteiger partial charge in [-0.05, 0) is 24.7 Å². The maximum absolute atomic E-state index is 13.9. The molecule has 0 saturated heterocycles. The Labute approximate surface area is 178 Å². The first-order chi connectivity index (χ1) is 14.2. The molecular formula is C20H14F4N2O2S2. The number of esters is 1. The van der Waals surface area contributed by atoms with Crippen LogP contribution in [0.5, 0.6) is 0 Å². The molecule has 0 aliphatic carbocycles. The van der Waals surface area contributed by atoms with Crippen LogP contribution in [-0.2, 0) is 4.74 Å². The fourth-order valence-electron chi connectivity index (χ4n) is 2.81. The lowest BCUT2D eigenvalue weighted by Gasteiger charge is -2.13. The van der Waals surface area contributed by atoms with Gasteiger partial charge in [-0.1, -0.05) is 30.3 Å². The third-order valence-electron chi connectivity index (χ3n) is 4.11. The molecule has 3 aromatic rings. The second-order valence-electron chi connectivity index (χ2n) is 6.02. The highest BCUT2D eigenvalue weighted by Crippen LogP contribution is 2.40. The predicted octanol–water partition coefficient (Wildman–Crippen LogP) is 5.88. The molecule has 30 heavy (non-hydrogen) atoms. The normalized spacial score (nSPS) is 10.6. The van der Waals surface area contributed by atoms with Gasteiger partial charge in [-0.3, -0.25) is 0 Å². The molecule has 1 aromatic heterocycles. The number of carbonyl (C=O) groups excluding carboxylic acids is 1. The minimum absolute atomic E-state index is 0.0937. The van der Waals surface area contributed by atoms with Gasteiger partial charge in [0.1, 0.15) is 16.3 Å². The van der Waals surface area contributed by atoms with Crippen molar-refractivity contribution in [3.05, 3.63) is 70.1 Å². The Kier molecular flexibility index (Phi) is 6.37. The van der Waals surface area contributed by atoms with Crippen molar-refractivity contribution >= 4 is 45.3 Å². The Bertz CT molecular complexity index is 1110. The zero-order chi connectivity index (χ0) is 22.0. The summed E-state index contributed by atoms with van der Waals surface area (Å²) in [5.74, 6) is -7.06. The van der Waals surface area contributed by atoms with Crippen LogP contribution in [0.2, 0.25) is 0 Å². The Morgan fingerprint density at radius 2 is 1.63 bits per heavy atom. The van der Waals surface area contributed by atoms with Crippen molar-refractivity contribution in [1.82, 2.24) is 0 Å². The number of aryl methyl sites for hydroxylation is 1. The second kappa shape index (κ2) is 8.80. The van der Waals surface area contributed by atoms with E-state index in [4.69, 9.17) is 17.0 Å². The summed E-state index contributed by atoms with van der Waals surface area (Å²) in [4.78, 5) is 13.2. The minimum atomic E-state index is -1.63. The van der Waals surface area contributed by atoms with E-state index in [0.717, 1.165) is 21.8 Å². The number of hydrogen-bond donors (Lipinski definition) is 2. The third-order valence-corrected chi connectivity index (χ3v) is 5.34. The van der Waals surface area contributed by atoms with E-state index in [1.54, 1.807) is 19.1 Å². The molecule has 0 amide bonds. The molecule has 0 aliphatic rings. The van der Waals surface area contributed by atoms with E-state index < -0.39 is 34.9 Å². The molecule has 0 radical (unpaired) electrons. The molecule has 10 heteroatoms. The number of thiophene rings is 1. The monoisotopic (exact) mass is 454 g/mol. The first kappa shape index (κ1) is 21.7. The number of thiocarbonyl (C=S) groups is 1. The van der Waals surface area contributed by atoms with E-state index in [-0.39, 0.29) is 21.7 Å². The van der Waals surface area contributed by atoms with Crippen molar-refractivity contribution < 1.29 is 27.1 Å². The summed E-state index contributed by atoms with van der Waals surface area (Å²) >= 11 is 6.19. The average molecular weight is 454 g/mol. The van der Waals surface area contributed by atoms with Crippen LogP contribution in [0.15, 0.2) is 36.4 Å². The van der Waals surface area contributed by atoms with E-state index in [1.165, 1.54) is 7.11 Å². The van der Waals surface area contributed by atoms with Crippen LogP contribution in [0.25, 0.3) is 11.1 Å². The summed E-state index contributed by atoms with van der Waals surface area (Å²) in [6.45, 7) is 1.78. The van der Waals surface area contributed by atoms with Crippen LogP contribution in [0.1, 0.15) is 15.2 Å². The highest BCUT2D eigenvalue weighted by molar-refractivity contribution is 7.80. The molecule has 0 saturated carbocycles. The molecule has 4 nitrogen and oxygen atoms in total. The van der Waals surface area contributed by atoms with Crippen LogP contribution >= 0.6 is 23.6 Å². The van der Waals surface area contributed by atoms with Gasteiger partial charge in [0.25, 0.3) is 0 Å². The molecule has 0 bridgehead atoms. The van der Waals surface area contributed by atoms with E-state index in [1.807, 2.05) is 18.2 Å². The maximum Gasteiger partial charge on any atom is 0.341 e. The lowest BCUT2D eigenvalue weighted by Crippen LogP contribution is -2.22. The highest BCUT2D eigenvalue weighted by atomic mass is 32.1. The number of nitrogens with one attached hydrogen (secondary N) is 2. The van der Waals surface area contributed by atoms with Gasteiger partial charge >= 0.3 is 5.97 Å². The Morgan fingerprint density at radius 3 is 2.20 bits per heavy atom. The summed E-state index contributed by atoms with van der Waals surface area (Å²) in [7, 11) is 1.21. The molecule has 0 unspecified atom stereocenters. The largest absolute Gasteiger partial charge is 0.465 e. The number of methoxy groups -OCH3 is 1. The average Bonchev–Trinajstić information content (AvgIpc) is 3.05. The number of benzene rings is 2. The number of rotatable bonds is 4. The van der Waals surface area contributed by atoms with Crippen LogP contribution in [0.4, 0.5) is 28.3 Å². The van der Waals surface area contributed by atoms with Crippen molar-refractivity contribution in [2.75, 3.05) is 17.7 Å². The van der Waals surface area contributed by atoms with Gasteiger partial charge in [0.05, 0.1) is 7.11 Å².